The molecule has 1 aliphatic carbocycles. The standard InChI is InChI=1S/C10H16O3/c1-12-10(11)13-9-7-5-3-2-4-6-8-9/h2-3,9H,4-8H2,1H3/b3-2-. The molecule has 3 nitrogen and oxygen atoms in total. The van der Waals surface area contributed by atoms with Crippen LogP contribution in [-0.2, 0) is 9.47 Å². The van der Waals surface area contributed by atoms with E-state index >= 15 is 0 Å². The molecule has 0 radical (unpaired) electrons. The van der Waals surface area contributed by atoms with Crippen molar-refractivity contribution in [2.45, 2.75) is 38.2 Å². The minimum absolute atomic E-state index is 0.0393. The maximum Gasteiger partial charge on any atom is 0.508 e. The summed E-state index contributed by atoms with van der Waals surface area (Å²) in [4.78, 5) is 10.8. The van der Waals surface area contributed by atoms with E-state index in [-0.39, 0.29) is 6.10 Å². The van der Waals surface area contributed by atoms with Crippen molar-refractivity contribution in [2.75, 3.05) is 7.11 Å². The quantitative estimate of drug-likeness (QED) is 0.464. The van der Waals surface area contributed by atoms with Gasteiger partial charge in [0.05, 0.1) is 7.11 Å². The predicted molar refractivity (Wildman–Crippen MR) is 49.5 cm³/mol. The predicted octanol–water partition coefficient (Wildman–Crippen LogP) is 2.66. The Morgan fingerprint density at radius 3 is 2.85 bits per heavy atom. The molecule has 0 N–H and O–H groups in total. The van der Waals surface area contributed by atoms with Crippen LogP contribution in [0.3, 0.4) is 0 Å². The first-order chi connectivity index (χ1) is 6.33. The van der Waals surface area contributed by atoms with E-state index in [1.807, 2.05) is 0 Å². The van der Waals surface area contributed by atoms with Crippen LogP contribution in [0.5, 0.6) is 0 Å². The van der Waals surface area contributed by atoms with E-state index in [0.717, 1.165) is 32.1 Å². The fraction of sp³-hybridized carbons (Fsp3) is 0.700. The van der Waals surface area contributed by atoms with E-state index in [0.29, 0.717) is 0 Å². The molecule has 1 atom stereocenters. The first-order valence-electron chi connectivity index (χ1n) is 4.72. The van der Waals surface area contributed by atoms with E-state index in [1.165, 1.54) is 7.11 Å². The SMILES string of the molecule is COC(=O)OC1CC/C=C\CCC1. The van der Waals surface area contributed by atoms with Crippen molar-refractivity contribution in [3.05, 3.63) is 12.2 Å². The van der Waals surface area contributed by atoms with E-state index in [4.69, 9.17) is 4.74 Å². The van der Waals surface area contributed by atoms with Gasteiger partial charge in [-0.3, -0.25) is 0 Å². The van der Waals surface area contributed by atoms with Crippen molar-refractivity contribution < 1.29 is 14.3 Å². The highest BCUT2D eigenvalue weighted by molar-refractivity contribution is 5.59. The molecule has 13 heavy (non-hydrogen) atoms. The lowest BCUT2D eigenvalue weighted by Crippen LogP contribution is -2.18. The summed E-state index contributed by atoms with van der Waals surface area (Å²) in [5, 5.41) is 0. The second-order valence-electron chi connectivity index (χ2n) is 3.17. The molecule has 0 aliphatic heterocycles. The molecule has 0 bridgehead atoms. The Balaban J connectivity index is 2.31. The monoisotopic (exact) mass is 184 g/mol. The van der Waals surface area contributed by atoms with Gasteiger partial charge >= 0.3 is 6.16 Å². The number of rotatable bonds is 1. The molecule has 0 aromatic rings. The molecular formula is C10H16O3. The van der Waals surface area contributed by atoms with Gasteiger partial charge in [-0.2, -0.15) is 0 Å². The minimum atomic E-state index is -0.561. The lowest BCUT2D eigenvalue weighted by Gasteiger charge is -2.17. The molecule has 1 aliphatic rings. The topological polar surface area (TPSA) is 35.5 Å². The third-order valence-electron chi connectivity index (χ3n) is 2.15. The average Bonchev–Trinajstić information content (AvgIpc) is 2.09. The van der Waals surface area contributed by atoms with Gasteiger partial charge in [0.25, 0.3) is 0 Å². The number of hydrogen-bond acceptors (Lipinski definition) is 3. The maximum absolute atomic E-state index is 10.8. The number of methoxy groups -OCH3 is 1. The summed E-state index contributed by atoms with van der Waals surface area (Å²) in [7, 11) is 1.34. The van der Waals surface area contributed by atoms with E-state index in [1.54, 1.807) is 0 Å². The van der Waals surface area contributed by atoms with Crippen LogP contribution < -0.4 is 0 Å². The number of hydrogen-bond donors (Lipinski definition) is 0. The number of ether oxygens (including phenoxy) is 2. The molecule has 0 saturated carbocycles. The van der Waals surface area contributed by atoms with Gasteiger partial charge in [0, 0.05) is 0 Å². The maximum atomic E-state index is 10.8. The van der Waals surface area contributed by atoms with Crippen LogP contribution >= 0.6 is 0 Å². The van der Waals surface area contributed by atoms with Crippen LogP contribution in [0.2, 0.25) is 0 Å². The van der Waals surface area contributed by atoms with Crippen LogP contribution in [0, 0.1) is 0 Å². The Kier molecular flexibility index (Phi) is 4.36. The van der Waals surface area contributed by atoms with Gasteiger partial charge in [-0.1, -0.05) is 12.2 Å². The molecule has 0 fully saturated rings. The lowest BCUT2D eigenvalue weighted by molar-refractivity contribution is 0.0300. The summed E-state index contributed by atoms with van der Waals surface area (Å²) in [5.41, 5.74) is 0. The van der Waals surface area contributed by atoms with Crippen molar-refractivity contribution >= 4 is 6.16 Å². The number of allylic oxidation sites excluding steroid dienone is 2. The smallest absolute Gasteiger partial charge is 0.438 e. The zero-order valence-electron chi connectivity index (χ0n) is 7.99. The lowest BCUT2D eigenvalue weighted by atomic mass is 10.0. The van der Waals surface area contributed by atoms with E-state index < -0.39 is 6.16 Å². The van der Waals surface area contributed by atoms with Crippen molar-refractivity contribution in [3.63, 3.8) is 0 Å². The van der Waals surface area contributed by atoms with Crippen LogP contribution in [0.4, 0.5) is 4.79 Å². The Morgan fingerprint density at radius 1 is 1.31 bits per heavy atom. The normalized spacial score (nSPS) is 25.5. The Morgan fingerprint density at radius 2 is 2.08 bits per heavy atom. The highest BCUT2D eigenvalue weighted by atomic mass is 16.7. The highest BCUT2D eigenvalue weighted by Gasteiger charge is 2.14. The summed E-state index contributed by atoms with van der Waals surface area (Å²) in [6.07, 6.45) is 8.82. The minimum Gasteiger partial charge on any atom is -0.438 e. The van der Waals surface area contributed by atoms with E-state index in [2.05, 4.69) is 16.9 Å². The molecular weight excluding hydrogens is 168 g/mol. The van der Waals surface area contributed by atoms with Crippen molar-refractivity contribution in [1.82, 2.24) is 0 Å². The molecule has 0 heterocycles. The van der Waals surface area contributed by atoms with Crippen LogP contribution in [0.1, 0.15) is 32.1 Å². The fourth-order valence-corrected chi connectivity index (χ4v) is 1.43. The highest BCUT2D eigenvalue weighted by Crippen LogP contribution is 2.15. The Hall–Kier alpha value is -0.990. The molecule has 0 aromatic heterocycles. The van der Waals surface area contributed by atoms with Gasteiger partial charge in [-0.25, -0.2) is 4.79 Å². The third-order valence-corrected chi connectivity index (χ3v) is 2.15. The van der Waals surface area contributed by atoms with E-state index in [9.17, 15) is 4.79 Å². The van der Waals surface area contributed by atoms with Crippen LogP contribution in [0.15, 0.2) is 12.2 Å². The van der Waals surface area contributed by atoms with Gasteiger partial charge < -0.3 is 9.47 Å². The summed E-state index contributed by atoms with van der Waals surface area (Å²) in [5.74, 6) is 0. The Labute approximate surface area is 78.7 Å². The zero-order chi connectivity index (χ0) is 9.52. The molecule has 0 amide bonds. The molecule has 1 rings (SSSR count). The molecule has 0 saturated heterocycles. The summed E-state index contributed by atoms with van der Waals surface area (Å²) in [6.45, 7) is 0. The summed E-state index contributed by atoms with van der Waals surface area (Å²) in [6, 6.07) is 0. The molecule has 1 unspecified atom stereocenters. The molecule has 3 heteroatoms. The zero-order valence-corrected chi connectivity index (χ0v) is 7.99. The van der Waals surface area contributed by atoms with Gasteiger partial charge in [-0.05, 0) is 32.1 Å². The number of carbonyl (C=O) groups excluding carboxylic acids is 1. The first kappa shape index (κ1) is 10.1. The second-order valence-corrected chi connectivity index (χ2v) is 3.17. The first-order valence-corrected chi connectivity index (χ1v) is 4.72. The third kappa shape index (κ3) is 3.97. The Bertz CT molecular complexity index is 187. The van der Waals surface area contributed by atoms with Crippen LogP contribution in [0.25, 0.3) is 0 Å². The van der Waals surface area contributed by atoms with Crippen molar-refractivity contribution in [3.8, 4) is 0 Å². The van der Waals surface area contributed by atoms with Gasteiger partial charge in [0.15, 0.2) is 0 Å². The fourth-order valence-electron chi connectivity index (χ4n) is 1.43. The number of carbonyl (C=O) groups is 1. The van der Waals surface area contributed by atoms with Crippen molar-refractivity contribution in [1.29, 1.82) is 0 Å². The van der Waals surface area contributed by atoms with Crippen LogP contribution in [-0.4, -0.2) is 19.4 Å². The summed E-state index contributed by atoms with van der Waals surface area (Å²) < 4.78 is 9.53. The second kappa shape index (κ2) is 5.62. The van der Waals surface area contributed by atoms with Gasteiger partial charge in [0.2, 0.25) is 0 Å². The summed E-state index contributed by atoms with van der Waals surface area (Å²) >= 11 is 0. The molecule has 74 valence electrons. The molecule has 0 aromatic carbocycles. The van der Waals surface area contributed by atoms with Gasteiger partial charge in [0.1, 0.15) is 6.10 Å². The molecule has 0 spiro atoms. The van der Waals surface area contributed by atoms with Crippen molar-refractivity contribution in [2.24, 2.45) is 0 Å². The average molecular weight is 184 g/mol. The largest absolute Gasteiger partial charge is 0.508 e. The van der Waals surface area contributed by atoms with Gasteiger partial charge in [-0.15, -0.1) is 0 Å².